The molecule has 0 fully saturated rings. The van der Waals surface area contributed by atoms with Gasteiger partial charge in [0.1, 0.15) is 5.04 Å². The zero-order chi connectivity index (χ0) is 12.0. The number of oxime groups is 1. The van der Waals surface area contributed by atoms with Crippen LogP contribution in [0.15, 0.2) is 5.16 Å². The van der Waals surface area contributed by atoms with Crippen LogP contribution in [0.5, 0.6) is 0 Å². The topological polar surface area (TPSA) is 61.7 Å². The Labute approximate surface area is 95.5 Å². The van der Waals surface area contributed by atoms with E-state index in [9.17, 15) is 4.79 Å². The van der Waals surface area contributed by atoms with Gasteiger partial charge in [-0.25, -0.2) is 0 Å². The summed E-state index contributed by atoms with van der Waals surface area (Å²) in [6.07, 6.45) is 0. The fraction of sp³-hybridized carbons (Fsp3) is 0.800. The van der Waals surface area contributed by atoms with Crippen molar-refractivity contribution in [2.75, 3.05) is 7.05 Å². The average Bonchev–Trinajstić information content (AvgIpc) is 2.15. The quantitative estimate of drug-likeness (QED) is 0.337. The fourth-order valence-electron chi connectivity index (χ4n) is 1.26. The number of carbonyl (C=O) groups is 1. The third-order valence-corrected chi connectivity index (χ3v) is 2.97. The Morgan fingerprint density at radius 2 is 1.87 bits per heavy atom. The molecule has 2 N–H and O–H groups in total. The molecule has 1 unspecified atom stereocenters. The second-order valence-electron chi connectivity index (χ2n) is 3.94. The number of thioether (sulfide) groups is 1. The molecule has 0 radical (unpaired) electrons. The molecule has 0 aromatic rings. The molecule has 0 bridgehead atoms. The van der Waals surface area contributed by atoms with Crippen LogP contribution in [-0.2, 0) is 4.79 Å². The largest absolute Gasteiger partial charge is 0.410 e. The Morgan fingerprint density at radius 1 is 1.33 bits per heavy atom. The summed E-state index contributed by atoms with van der Waals surface area (Å²) in [4.78, 5) is 11.6. The fourth-order valence-corrected chi connectivity index (χ4v) is 2.31. The molecule has 5 heteroatoms. The molecular weight excluding hydrogens is 212 g/mol. The molecule has 1 amide bonds. The minimum Gasteiger partial charge on any atom is -0.410 e. The van der Waals surface area contributed by atoms with Crippen molar-refractivity contribution < 1.29 is 10.0 Å². The minimum atomic E-state index is -0.368. The average molecular weight is 232 g/mol. The van der Waals surface area contributed by atoms with E-state index >= 15 is 0 Å². The summed E-state index contributed by atoms with van der Waals surface area (Å²) in [5.41, 5.74) is 0. The lowest BCUT2D eigenvalue weighted by atomic mass is 9.96. The first kappa shape index (κ1) is 14.3. The van der Waals surface area contributed by atoms with Crippen molar-refractivity contribution in [1.29, 1.82) is 0 Å². The molecule has 88 valence electrons. The van der Waals surface area contributed by atoms with Crippen LogP contribution in [0.2, 0.25) is 0 Å². The zero-order valence-corrected chi connectivity index (χ0v) is 10.8. The molecule has 0 spiro atoms. The van der Waals surface area contributed by atoms with Gasteiger partial charge in [-0.05, 0) is 5.92 Å². The molecule has 0 rings (SSSR count). The molecular formula is C10H20N2O2S. The summed E-state index contributed by atoms with van der Waals surface area (Å²) in [6.45, 7) is 7.87. The van der Waals surface area contributed by atoms with Crippen molar-refractivity contribution in [3.63, 3.8) is 0 Å². The van der Waals surface area contributed by atoms with Crippen molar-refractivity contribution in [3.05, 3.63) is 0 Å². The van der Waals surface area contributed by atoms with Crippen LogP contribution in [0.3, 0.4) is 0 Å². The maximum Gasteiger partial charge on any atom is 0.229 e. The van der Waals surface area contributed by atoms with E-state index in [4.69, 9.17) is 5.21 Å². The highest BCUT2D eigenvalue weighted by Crippen LogP contribution is 2.24. The van der Waals surface area contributed by atoms with Gasteiger partial charge in [0, 0.05) is 12.3 Å². The minimum absolute atomic E-state index is 0.106. The number of carbonyl (C=O) groups excluding carboxylic acids is 1. The van der Waals surface area contributed by atoms with Crippen LogP contribution in [0.4, 0.5) is 0 Å². The van der Waals surface area contributed by atoms with Crippen LogP contribution in [0, 0.1) is 11.8 Å². The van der Waals surface area contributed by atoms with Crippen LogP contribution < -0.4 is 5.32 Å². The normalized spacial score (nSPS) is 14.5. The van der Waals surface area contributed by atoms with Gasteiger partial charge in [-0.3, -0.25) is 4.79 Å². The molecule has 0 saturated carbocycles. The molecule has 0 aliphatic heterocycles. The van der Waals surface area contributed by atoms with Crippen molar-refractivity contribution in [2.24, 2.45) is 17.0 Å². The summed E-state index contributed by atoms with van der Waals surface area (Å²) in [5, 5.41) is 15.5. The SMILES string of the molecule is CNC(=O)C(/C(=N/O)SC(C)C)C(C)C. The van der Waals surface area contributed by atoms with Crippen LogP contribution >= 0.6 is 11.8 Å². The molecule has 15 heavy (non-hydrogen) atoms. The number of nitrogens with zero attached hydrogens (tertiary/aromatic N) is 1. The Kier molecular flexibility index (Phi) is 6.40. The monoisotopic (exact) mass is 232 g/mol. The van der Waals surface area contributed by atoms with E-state index in [1.807, 2.05) is 27.7 Å². The van der Waals surface area contributed by atoms with Crippen molar-refractivity contribution in [3.8, 4) is 0 Å². The molecule has 0 aromatic carbocycles. The molecule has 1 atom stereocenters. The lowest BCUT2D eigenvalue weighted by Crippen LogP contribution is -2.35. The lowest BCUT2D eigenvalue weighted by Gasteiger charge is -2.20. The molecule has 4 nitrogen and oxygen atoms in total. The third-order valence-electron chi connectivity index (χ3n) is 1.92. The summed E-state index contributed by atoms with van der Waals surface area (Å²) in [5.74, 6) is -0.361. The second kappa shape index (κ2) is 6.71. The smallest absolute Gasteiger partial charge is 0.229 e. The Hall–Kier alpha value is -0.710. The van der Waals surface area contributed by atoms with Crippen LogP contribution in [-0.4, -0.2) is 28.5 Å². The number of rotatable bonds is 4. The molecule has 0 aliphatic rings. The summed E-state index contributed by atoms with van der Waals surface area (Å²) < 4.78 is 0. The molecule has 0 saturated heterocycles. The third kappa shape index (κ3) is 4.55. The number of hydrogen-bond donors (Lipinski definition) is 2. The van der Waals surface area contributed by atoms with Crippen molar-refractivity contribution in [1.82, 2.24) is 5.32 Å². The molecule has 0 heterocycles. The van der Waals surface area contributed by atoms with E-state index in [1.165, 1.54) is 11.8 Å². The molecule has 0 aliphatic carbocycles. The number of amides is 1. The molecule has 0 aromatic heterocycles. The Bertz CT molecular complexity index is 240. The maximum absolute atomic E-state index is 11.6. The van der Waals surface area contributed by atoms with E-state index in [1.54, 1.807) is 7.05 Å². The predicted molar refractivity (Wildman–Crippen MR) is 64.3 cm³/mol. The van der Waals surface area contributed by atoms with Crippen molar-refractivity contribution in [2.45, 2.75) is 32.9 Å². The van der Waals surface area contributed by atoms with E-state index in [-0.39, 0.29) is 17.7 Å². The standard InChI is InChI=1S/C10H20N2O2S/c1-6(2)8(9(13)11-5)10(12-14)15-7(3)4/h6-8,14H,1-5H3,(H,11,13)/b12-10-. The Morgan fingerprint density at radius 3 is 2.13 bits per heavy atom. The van der Waals surface area contributed by atoms with Gasteiger partial charge in [-0.2, -0.15) is 0 Å². The zero-order valence-electron chi connectivity index (χ0n) is 9.94. The van der Waals surface area contributed by atoms with Gasteiger partial charge in [0.2, 0.25) is 5.91 Å². The van der Waals surface area contributed by atoms with Gasteiger partial charge < -0.3 is 10.5 Å². The highest BCUT2D eigenvalue weighted by atomic mass is 32.2. The van der Waals surface area contributed by atoms with Crippen LogP contribution in [0.1, 0.15) is 27.7 Å². The van der Waals surface area contributed by atoms with Gasteiger partial charge >= 0.3 is 0 Å². The second-order valence-corrected chi connectivity index (χ2v) is 5.54. The first-order chi connectivity index (χ1) is 6.93. The first-order valence-electron chi connectivity index (χ1n) is 5.04. The van der Waals surface area contributed by atoms with E-state index in [2.05, 4.69) is 10.5 Å². The number of hydrogen-bond acceptors (Lipinski definition) is 4. The van der Waals surface area contributed by atoms with E-state index in [0.717, 1.165) is 0 Å². The summed E-state index contributed by atoms with van der Waals surface area (Å²) >= 11 is 1.42. The van der Waals surface area contributed by atoms with E-state index in [0.29, 0.717) is 10.3 Å². The predicted octanol–water partition coefficient (Wildman–Crippen LogP) is 1.93. The number of nitrogens with one attached hydrogen (secondary N) is 1. The lowest BCUT2D eigenvalue weighted by molar-refractivity contribution is -0.123. The van der Waals surface area contributed by atoms with Crippen LogP contribution in [0.25, 0.3) is 0 Å². The highest BCUT2D eigenvalue weighted by Gasteiger charge is 2.28. The van der Waals surface area contributed by atoms with Gasteiger partial charge in [-0.1, -0.05) is 32.9 Å². The maximum atomic E-state index is 11.6. The summed E-state index contributed by atoms with van der Waals surface area (Å²) in [7, 11) is 1.59. The Balaban J connectivity index is 4.80. The summed E-state index contributed by atoms with van der Waals surface area (Å²) in [6, 6.07) is 0. The van der Waals surface area contributed by atoms with Gasteiger partial charge in [0.05, 0.1) is 5.92 Å². The van der Waals surface area contributed by atoms with Gasteiger partial charge in [0.15, 0.2) is 0 Å². The van der Waals surface area contributed by atoms with E-state index < -0.39 is 0 Å². The first-order valence-corrected chi connectivity index (χ1v) is 5.92. The van der Waals surface area contributed by atoms with Crippen molar-refractivity contribution >= 4 is 22.7 Å². The van der Waals surface area contributed by atoms with Gasteiger partial charge in [0.25, 0.3) is 0 Å². The van der Waals surface area contributed by atoms with Gasteiger partial charge in [-0.15, -0.1) is 11.8 Å². The highest BCUT2D eigenvalue weighted by molar-refractivity contribution is 8.14.